The van der Waals surface area contributed by atoms with Gasteiger partial charge in [0.25, 0.3) is 5.91 Å². The van der Waals surface area contributed by atoms with Crippen LogP contribution in [0.2, 0.25) is 5.02 Å². The van der Waals surface area contributed by atoms with E-state index in [0.717, 1.165) is 27.0 Å². The zero-order chi connectivity index (χ0) is 24.2. The van der Waals surface area contributed by atoms with E-state index in [4.69, 9.17) is 32.9 Å². The first-order valence-electron chi connectivity index (χ1n) is 11.5. The highest BCUT2D eigenvalue weighted by atomic mass is 35.5. The molecule has 7 nitrogen and oxygen atoms in total. The highest BCUT2D eigenvalue weighted by Crippen LogP contribution is 2.52. The van der Waals surface area contributed by atoms with E-state index in [9.17, 15) is 9.90 Å². The first kappa shape index (κ1) is 23.1. The van der Waals surface area contributed by atoms with Gasteiger partial charge >= 0.3 is 0 Å². The predicted molar refractivity (Wildman–Crippen MR) is 134 cm³/mol. The molecule has 0 bridgehead atoms. The third kappa shape index (κ3) is 4.07. The minimum Gasteiger partial charge on any atom is -0.454 e. The molecule has 1 saturated heterocycles. The van der Waals surface area contributed by atoms with Crippen LogP contribution in [-0.2, 0) is 10.2 Å². The largest absolute Gasteiger partial charge is 0.454 e. The number of likely N-dealkylation sites (tertiary alicyclic amines) is 1. The van der Waals surface area contributed by atoms with Gasteiger partial charge in [-0.15, -0.1) is 0 Å². The lowest BCUT2D eigenvalue weighted by Gasteiger charge is -2.27. The summed E-state index contributed by atoms with van der Waals surface area (Å²) in [5, 5.41) is 11.2. The maximum absolute atomic E-state index is 13.6. The topological polar surface area (TPSA) is 75.1 Å². The number of thiazole rings is 1. The molecule has 6 rings (SSSR count). The van der Waals surface area contributed by atoms with Gasteiger partial charge in [0.2, 0.25) is 11.9 Å². The van der Waals surface area contributed by atoms with Gasteiger partial charge in [-0.2, -0.15) is 4.42 Å². The second-order valence-electron chi connectivity index (χ2n) is 9.14. The van der Waals surface area contributed by atoms with Crippen LogP contribution in [0.1, 0.15) is 41.3 Å². The molecule has 35 heavy (non-hydrogen) atoms. The molecule has 1 N–H and O–H groups in total. The molecule has 1 amide bonds. The third-order valence-corrected chi connectivity index (χ3v) is 8.76. The van der Waals surface area contributed by atoms with E-state index in [1.165, 1.54) is 11.3 Å². The number of hydrogen-bond acceptors (Lipinski definition) is 7. The number of aliphatic hydroxyl groups excluding tert-OH is 1. The number of ether oxygens (including phenoxy) is 2. The Morgan fingerprint density at radius 3 is 2.77 bits per heavy atom. The van der Waals surface area contributed by atoms with Crippen LogP contribution in [0.4, 0.5) is 5.13 Å². The molecule has 1 saturated carbocycles. The fourth-order valence-corrected chi connectivity index (χ4v) is 6.46. The van der Waals surface area contributed by atoms with Crippen molar-refractivity contribution < 1.29 is 19.4 Å². The fraction of sp³-hybridized carbons (Fsp3) is 0.360. The van der Waals surface area contributed by atoms with Gasteiger partial charge in [-0.05, 0) is 48.6 Å². The number of anilines is 1. The van der Waals surface area contributed by atoms with Crippen molar-refractivity contribution in [1.82, 2.24) is 9.88 Å². The number of fused-ring (bicyclic) bond motifs is 1. The van der Waals surface area contributed by atoms with E-state index in [-0.39, 0.29) is 24.8 Å². The number of benzene rings is 2. The Balaban J connectivity index is 1.29. The second kappa shape index (κ2) is 8.94. The van der Waals surface area contributed by atoms with E-state index in [1.807, 2.05) is 42.5 Å². The van der Waals surface area contributed by atoms with Crippen LogP contribution in [0.25, 0.3) is 0 Å². The Hall–Kier alpha value is -2.36. The molecule has 0 radical (unpaired) electrons. The molecule has 2 atom stereocenters. The summed E-state index contributed by atoms with van der Waals surface area (Å²) < 4.78 is 12.0. The van der Waals surface area contributed by atoms with E-state index >= 15 is 0 Å². The van der Waals surface area contributed by atoms with E-state index in [0.29, 0.717) is 47.5 Å². The lowest BCUT2D eigenvalue weighted by Crippen LogP contribution is -2.33. The van der Waals surface area contributed by atoms with Crippen molar-refractivity contribution in [3.05, 3.63) is 69.7 Å². The molecule has 1 unspecified atom stereocenters. The normalized spacial score (nSPS) is 21.2. The number of rotatable bonds is 6. The Bertz CT molecular complexity index is 1280. The Labute approximate surface area is 216 Å². The van der Waals surface area contributed by atoms with Gasteiger partial charge in [0.1, 0.15) is 0 Å². The number of hydrogen-bond donors (Lipinski definition) is 1. The van der Waals surface area contributed by atoms with Crippen LogP contribution in [-0.4, -0.2) is 46.9 Å². The number of carbonyl (C=O) groups excluding carboxylic acids is 1. The fourth-order valence-electron chi connectivity index (χ4n) is 4.94. The summed E-state index contributed by atoms with van der Waals surface area (Å²) >= 11 is 14.6. The summed E-state index contributed by atoms with van der Waals surface area (Å²) in [6.07, 6.45) is 3.49. The minimum atomic E-state index is -0.685. The summed E-state index contributed by atoms with van der Waals surface area (Å²) in [7, 11) is 0. The number of halogens is 2. The van der Waals surface area contributed by atoms with Crippen LogP contribution in [0, 0.1) is 0 Å². The van der Waals surface area contributed by atoms with Crippen LogP contribution in [0.15, 0.2) is 48.7 Å². The van der Waals surface area contributed by atoms with Crippen molar-refractivity contribution >= 4 is 45.8 Å². The minimum absolute atomic E-state index is 0.184. The molecule has 3 heterocycles. The molecule has 2 fully saturated rings. The van der Waals surface area contributed by atoms with Crippen LogP contribution in [0.3, 0.4) is 0 Å². The van der Waals surface area contributed by atoms with Crippen molar-refractivity contribution in [2.45, 2.75) is 36.8 Å². The van der Waals surface area contributed by atoms with Crippen LogP contribution >= 0.6 is 34.7 Å². The second-order valence-corrected chi connectivity index (χ2v) is 10.9. The van der Waals surface area contributed by atoms with Gasteiger partial charge in [0, 0.05) is 41.0 Å². The van der Waals surface area contributed by atoms with E-state index < -0.39 is 5.41 Å². The number of nitrogens with zero attached hydrogens (tertiary/aromatic N) is 3. The van der Waals surface area contributed by atoms with Crippen molar-refractivity contribution in [2.75, 3.05) is 24.3 Å². The molecule has 3 aromatic rings. The summed E-state index contributed by atoms with van der Waals surface area (Å²) in [6.45, 7) is 1.46. The third-order valence-electron chi connectivity index (χ3n) is 6.97. The first-order chi connectivity index (χ1) is 17.0. The monoisotopic (exact) mass is 531 g/mol. The number of β-amino-alcohol motifs (C(OH)–C–C–N with tert-alkyl or cyclic N) is 1. The van der Waals surface area contributed by atoms with Crippen molar-refractivity contribution in [2.24, 2.45) is 0 Å². The quantitative estimate of drug-likeness (QED) is 0.456. The number of aromatic nitrogens is 1. The lowest BCUT2D eigenvalue weighted by atomic mass is 9.94. The average molecular weight is 532 g/mol. The highest BCUT2D eigenvalue weighted by molar-refractivity contribution is 7.16. The SMILES string of the molecule is O=C(N(Cl)c1ncc(C(c2ccccc2Cl)N2CC[C@@H](O)C2)s1)C1(c2ccc3c(c2)OCO3)CC1. The summed E-state index contributed by atoms with van der Waals surface area (Å²) in [4.78, 5) is 21.2. The van der Waals surface area contributed by atoms with Gasteiger partial charge < -0.3 is 14.6 Å². The van der Waals surface area contributed by atoms with E-state index in [2.05, 4.69) is 9.88 Å². The lowest BCUT2D eigenvalue weighted by molar-refractivity contribution is -0.119. The Morgan fingerprint density at radius 1 is 1.23 bits per heavy atom. The maximum Gasteiger partial charge on any atom is 0.254 e. The maximum atomic E-state index is 13.6. The number of amides is 1. The molecule has 182 valence electrons. The number of carbonyl (C=O) groups is 1. The van der Waals surface area contributed by atoms with Crippen LogP contribution < -0.4 is 13.9 Å². The summed E-state index contributed by atoms with van der Waals surface area (Å²) in [6, 6.07) is 13.1. The van der Waals surface area contributed by atoms with Gasteiger partial charge in [0.05, 0.1) is 17.6 Å². The summed E-state index contributed by atoms with van der Waals surface area (Å²) in [5.41, 5.74) is 1.12. The van der Waals surface area contributed by atoms with Crippen molar-refractivity contribution in [1.29, 1.82) is 0 Å². The van der Waals surface area contributed by atoms with Gasteiger partial charge in [-0.25, -0.2) is 4.98 Å². The number of aliphatic hydroxyl groups is 1. The molecule has 2 aromatic carbocycles. The average Bonchev–Trinajstić information content (AvgIpc) is 3.19. The predicted octanol–water partition coefficient (Wildman–Crippen LogP) is 4.90. The zero-order valence-corrected chi connectivity index (χ0v) is 21.0. The highest BCUT2D eigenvalue weighted by Gasteiger charge is 2.54. The molecular formula is C25H23Cl2N3O4S. The first-order valence-corrected chi connectivity index (χ1v) is 13.0. The summed E-state index contributed by atoms with van der Waals surface area (Å²) in [5.74, 6) is 1.13. The molecular weight excluding hydrogens is 509 g/mol. The molecule has 0 spiro atoms. The molecule has 3 aliphatic rings. The van der Waals surface area contributed by atoms with Crippen molar-refractivity contribution in [3.63, 3.8) is 0 Å². The Kier molecular flexibility index (Phi) is 5.89. The molecule has 2 aliphatic heterocycles. The molecule has 1 aliphatic carbocycles. The zero-order valence-electron chi connectivity index (χ0n) is 18.7. The Morgan fingerprint density at radius 2 is 2.03 bits per heavy atom. The van der Waals surface area contributed by atoms with E-state index in [1.54, 1.807) is 6.20 Å². The smallest absolute Gasteiger partial charge is 0.254 e. The van der Waals surface area contributed by atoms with Gasteiger partial charge in [0.15, 0.2) is 11.5 Å². The van der Waals surface area contributed by atoms with Gasteiger partial charge in [-0.1, -0.05) is 47.2 Å². The molecule has 10 heteroatoms. The van der Waals surface area contributed by atoms with Gasteiger partial charge in [-0.3, -0.25) is 9.69 Å². The van der Waals surface area contributed by atoms with Crippen molar-refractivity contribution in [3.8, 4) is 11.5 Å². The molecule has 1 aromatic heterocycles. The van der Waals surface area contributed by atoms with Crippen LogP contribution in [0.5, 0.6) is 11.5 Å². The standard InChI is InChI=1S/C25H23Cl2N3O4S/c26-18-4-2-1-3-17(18)22(29-10-7-16(31)13-29)21-12-28-24(35-21)30(27)23(32)25(8-9-25)15-5-6-19-20(11-15)34-14-33-19/h1-6,11-12,16,22,31H,7-10,13-14H2/t16-,22?/m1/s1.